The number of hydrogen-bond acceptors (Lipinski definition) is 1. The van der Waals surface area contributed by atoms with E-state index in [0.29, 0.717) is 0 Å². The monoisotopic (exact) mass is 1380 g/mol. The van der Waals surface area contributed by atoms with Crippen LogP contribution < -0.4 is 0 Å². The van der Waals surface area contributed by atoms with Gasteiger partial charge in [-0.05, 0) is 118 Å². The molecule has 0 fully saturated rings. The van der Waals surface area contributed by atoms with Gasteiger partial charge in [0.2, 0.25) is 0 Å². The summed E-state index contributed by atoms with van der Waals surface area (Å²) in [6, 6.07) is 115. The molecule has 0 bridgehead atoms. The first-order chi connectivity index (χ1) is 51.3. The van der Waals surface area contributed by atoms with Gasteiger partial charge in [0.05, 0.1) is 0 Å². The van der Waals surface area contributed by atoms with Gasteiger partial charge < -0.3 is 0 Å². The summed E-state index contributed by atoms with van der Waals surface area (Å²) < 4.78 is 0. The van der Waals surface area contributed by atoms with Gasteiger partial charge >= 0.3 is 0 Å². The van der Waals surface area contributed by atoms with E-state index in [1.165, 1.54) is 87.2 Å². The first-order valence-electron chi connectivity index (χ1n) is 39.6. The quantitative estimate of drug-likeness (QED) is 0.118. The van der Waals surface area contributed by atoms with Crippen LogP contribution in [0.2, 0.25) is 0 Å². The van der Waals surface area contributed by atoms with Gasteiger partial charge in [-0.2, -0.15) is 0 Å². The van der Waals surface area contributed by atoms with Crippen molar-refractivity contribution in [1.29, 1.82) is 0 Å². The average Bonchev–Trinajstić information content (AvgIpc) is 1.77. The summed E-state index contributed by atoms with van der Waals surface area (Å²) in [4.78, 5) is 3.78. The third-order valence-electron chi connectivity index (χ3n) is 12.7. The Kier molecular flexibility index (Phi) is 82.3. The Balaban J connectivity index is -0.000000255. The maximum atomic E-state index is 3.78. The van der Waals surface area contributed by atoms with Crippen molar-refractivity contribution in [3.8, 4) is 22.3 Å². The van der Waals surface area contributed by atoms with Crippen LogP contribution in [0.4, 0.5) is 0 Å². The molecule has 0 saturated heterocycles. The lowest BCUT2D eigenvalue weighted by molar-refractivity contribution is 1.26. The zero-order chi connectivity index (χ0) is 79.0. The molecule has 0 unspecified atom stereocenters. The minimum Gasteiger partial charge on any atom is -0.265 e. The minimum absolute atomic E-state index is 1.10. The molecule has 0 atom stereocenters. The number of pyridine rings is 1. The van der Waals surface area contributed by atoms with Crippen LogP contribution in [0.3, 0.4) is 0 Å². The van der Waals surface area contributed by atoms with E-state index in [0.717, 1.165) is 6.42 Å². The highest BCUT2D eigenvalue weighted by Gasteiger charge is 2.16. The summed E-state index contributed by atoms with van der Waals surface area (Å²) in [6.45, 7) is 56.0. The summed E-state index contributed by atoms with van der Waals surface area (Å²) in [6.07, 6.45) is 4.60. The molecule has 1 heterocycles. The van der Waals surface area contributed by atoms with Crippen molar-refractivity contribution < 1.29 is 0 Å². The third-order valence-corrected chi connectivity index (χ3v) is 12.7. The largest absolute Gasteiger partial charge is 0.265 e. The number of benzene rings is 13. The maximum absolute atomic E-state index is 3.78. The first-order valence-corrected chi connectivity index (χ1v) is 39.6. The van der Waals surface area contributed by atoms with Crippen LogP contribution in [-0.2, 0) is 6.42 Å². The van der Waals surface area contributed by atoms with Gasteiger partial charge in [0.25, 0.3) is 0 Å². The predicted octanol–water partition coefficient (Wildman–Crippen LogP) is 34.6. The zero-order valence-corrected chi connectivity index (χ0v) is 70.1. The van der Waals surface area contributed by atoms with Gasteiger partial charge in [-0.25, -0.2) is 0 Å². The van der Waals surface area contributed by atoms with Gasteiger partial charge in [-0.3, -0.25) is 4.98 Å². The van der Waals surface area contributed by atoms with E-state index in [4.69, 9.17) is 0 Å². The van der Waals surface area contributed by atoms with Crippen LogP contribution in [0.5, 0.6) is 0 Å². The Morgan fingerprint density at radius 2 is 0.359 bits per heavy atom. The van der Waals surface area contributed by atoms with Crippen molar-refractivity contribution >= 4 is 53.9 Å². The summed E-state index contributed by atoms with van der Waals surface area (Å²) in [5, 5.41) is 13.2. The van der Waals surface area contributed by atoms with Gasteiger partial charge in [0, 0.05) is 12.4 Å². The second kappa shape index (κ2) is 81.3. The number of hydrogen-bond donors (Lipinski definition) is 0. The van der Waals surface area contributed by atoms with Gasteiger partial charge in [0.15, 0.2) is 0 Å². The molecule has 0 amide bonds. The molecule has 556 valence electrons. The Morgan fingerprint density at radius 1 is 0.165 bits per heavy atom. The normalized spacial score (nSPS) is 8.35. The van der Waals surface area contributed by atoms with Crippen molar-refractivity contribution in [2.45, 2.75) is 200 Å². The molecular weight excluding hydrogens is 1240 g/mol. The second-order valence-electron chi connectivity index (χ2n) is 17.8. The molecule has 0 N–H and O–H groups in total. The fourth-order valence-electron chi connectivity index (χ4n) is 9.01. The fourth-order valence-corrected chi connectivity index (χ4v) is 9.01. The van der Waals surface area contributed by atoms with Crippen molar-refractivity contribution in [3.05, 3.63) is 357 Å². The molecular formula is C102H143N. The number of nitrogens with zero attached hydrogens (tertiary/aromatic N) is 1. The fraction of sp³-hybridized carbons (Fsp3) is 0.284. The molecule has 1 nitrogen and oxygen atoms in total. The van der Waals surface area contributed by atoms with E-state index in [9.17, 15) is 0 Å². The Morgan fingerprint density at radius 3 is 0.602 bits per heavy atom. The van der Waals surface area contributed by atoms with E-state index in [1.807, 2.05) is 261 Å². The van der Waals surface area contributed by atoms with Crippen molar-refractivity contribution in [3.63, 3.8) is 0 Å². The van der Waals surface area contributed by atoms with Crippen LogP contribution in [0.1, 0.15) is 205 Å². The minimum atomic E-state index is 1.10. The van der Waals surface area contributed by atoms with E-state index in [1.54, 1.807) is 12.4 Å². The van der Waals surface area contributed by atoms with Crippen molar-refractivity contribution in [1.82, 2.24) is 4.98 Å². The molecule has 15 rings (SSSR count). The van der Waals surface area contributed by atoms with Crippen LogP contribution >= 0.6 is 0 Å². The highest BCUT2D eigenvalue weighted by Crippen LogP contribution is 2.36. The molecule has 13 aromatic carbocycles. The summed E-state index contributed by atoms with van der Waals surface area (Å²) >= 11 is 0. The smallest absolute Gasteiger partial charge is 0.0267 e. The van der Waals surface area contributed by atoms with E-state index in [-0.39, 0.29) is 0 Å². The molecule has 0 radical (unpaired) electrons. The SMILES string of the molecule is CC.CC.CC.CC.CC.CC.CC.CC.CC.CC.CC.CC.CC.CC.c1ccc(-c2ccccc2)cc1.c1ccc2c(c1)Cc1ccccc1-2.c1ccc2c(c1)ccc1ccccc12.c1ccc2cc3ccccc3cc2c1.c1ccc2ccccc2c1.c1ccccc1.c1ccncc1. The third kappa shape index (κ3) is 43.7. The number of rotatable bonds is 1. The maximum Gasteiger partial charge on any atom is 0.0267 e. The second-order valence-corrected chi connectivity index (χ2v) is 17.8. The molecule has 1 heteroatoms. The predicted molar refractivity (Wildman–Crippen MR) is 483 cm³/mol. The molecule has 0 spiro atoms. The molecule has 1 aromatic heterocycles. The molecule has 14 aromatic rings. The highest BCUT2D eigenvalue weighted by molar-refractivity contribution is 6.07. The van der Waals surface area contributed by atoms with Crippen LogP contribution in [0.15, 0.2) is 346 Å². The Bertz CT molecular complexity index is 3500. The summed E-state index contributed by atoms with van der Waals surface area (Å²) in [5.74, 6) is 0. The van der Waals surface area contributed by atoms with Crippen LogP contribution in [0.25, 0.3) is 76.1 Å². The topological polar surface area (TPSA) is 12.9 Å². The molecule has 1 aliphatic carbocycles. The highest BCUT2D eigenvalue weighted by atomic mass is 14.6. The summed E-state index contributed by atoms with van der Waals surface area (Å²) in [7, 11) is 0. The van der Waals surface area contributed by atoms with Crippen molar-refractivity contribution in [2.75, 3.05) is 0 Å². The molecule has 1 aliphatic rings. The molecule has 103 heavy (non-hydrogen) atoms. The lowest BCUT2D eigenvalue weighted by atomic mass is 10.0. The van der Waals surface area contributed by atoms with Gasteiger partial charge in [-0.15, -0.1) is 0 Å². The molecule has 0 aliphatic heterocycles. The lowest BCUT2D eigenvalue weighted by Gasteiger charge is -2.02. The summed E-state index contributed by atoms with van der Waals surface area (Å²) in [5.41, 5.74) is 8.31. The van der Waals surface area contributed by atoms with Crippen LogP contribution in [0, 0.1) is 0 Å². The molecule has 0 saturated carbocycles. The first kappa shape index (κ1) is 104. The number of fused-ring (bicyclic) bond motifs is 9. The standard InChI is InChI=1S/2C14H10.C13H10.C12H10.C10H8.C6H6.C5H5N.14C2H6/c1-3-7-13-11(5-1)9-10-12-6-2-4-8-14(12)13;1-2-6-12-10-14-8-4-3-7-13(14)9-11(12)5-1;1-3-7-12-10(5-1)9-11-6-2-4-8-13(11)12;1-3-7-11(8-4-1)12-9-5-2-6-10-12;1-2-6-10-8-4-3-7-9(10)5-1;2*1-2-4-6-5-3-1;14*1-2/h2*1-10H;1-8H,9H2;1-10H;1-8H;1-6H;1-5H;14*1-2H3. The van der Waals surface area contributed by atoms with E-state index >= 15 is 0 Å². The van der Waals surface area contributed by atoms with Gasteiger partial charge in [-0.1, -0.05) is 503 Å². The van der Waals surface area contributed by atoms with Crippen molar-refractivity contribution in [2.24, 2.45) is 0 Å². The average molecular weight is 1380 g/mol. The van der Waals surface area contributed by atoms with E-state index in [2.05, 4.69) is 272 Å². The lowest BCUT2D eigenvalue weighted by Crippen LogP contribution is -1.77. The van der Waals surface area contributed by atoms with Crippen LogP contribution in [-0.4, -0.2) is 4.98 Å². The Labute approximate surface area is 634 Å². The van der Waals surface area contributed by atoms with E-state index < -0.39 is 0 Å². The number of aromatic nitrogens is 1. The Hall–Kier alpha value is -9.69. The zero-order valence-electron chi connectivity index (χ0n) is 70.1. The van der Waals surface area contributed by atoms with Gasteiger partial charge in [0.1, 0.15) is 0 Å².